The van der Waals surface area contributed by atoms with E-state index in [1.54, 1.807) is 13.0 Å². The molecule has 2 aromatic rings. The summed E-state index contributed by atoms with van der Waals surface area (Å²) in [6, 6.07) is 10.1. The van der Waals surface area contributed by atoms with E-state index in [2.05, 4.69) is 4.72 Å². The summed E-state index contributed by atoms with van der Waals surface area (Å²) < 4.78 is 39.7. The Hall–Kier alpha value is -1.43. The van der Waals surface area contributed by atoms with Crippen molar-refractivity contribution in [2.75, 3.05) is 0 Å². The largest absolute Gasteiger partial charge is 0.240 e. The van der Waals surface area contributed by atoms with Crippen molar-refractivity contribution in [1.29, 1.82) is 0 Å². The molecule has 1 N–H and O–H groups in total. The van der Waals surface area contributed by atoms with Gasteiger partial charge in [-0.1, -0.05) is 17.7 Å². The second-order valence-electron chi connectivity index (χ2n) is 4.35. The van der Waals surface area contributed by atoms with Crippen LogP contribution in [0.5, 0.6) is 0 Å². The van der Waals surface area contributed by atoms with Crippen molar-refractivity contribution in [2.45, 2.75) is 18.4 Å². The molecule has 6 heteroatoms. The van der Waals surface area contributed by atoms with E-state index < -0.39 is 15.8 Å². The minimum Gasteiger partial charge on any atom is -0.207 e. The summed E-state index contributed by atoms with van der Waals surface area (Å²) in [4.78, 5) is 0.121. The van der Waals surface area contributed by atoms with Crippen molar-refractivity contribution < 1.29 is 12.8 Å². The molecule has 0 aliphatic carbocycles. The van der Waals surface area contributed by atoms with Gasteiger partial charge >= 0.3 is 0 Å². The third-order valence-corrected chi connectivity index (χ3v) is 4.56. The van der Waals surface area contributed by atoms with E-state index in [0.717, 1.165) is 5.56 Å². The van der Waals surface area contributed by atoms with E-state index in [1.807, 2.05) is 0 Å². The summed E-state index contributed by atoms with van der Waals surface area (Å²) in [7, 11) is -3.64. The molecule has 3 nitrogen and oxygen atoms in total. The molecule has 2 aromatic carbocycles. The zero-order valence-corrected chi connectivity index (χ0v) is 12.3. The predicted octanol–water partition coefficient (Wildman–Crippen LogP) is 3.27. The molecule has 20 heavy (non-hydrogen) atoms. The van der Waals surface area contributed by atoms with Crippen molar-refractivity contribution in [1.82, 2.24) is 4.72 Å². The van der Waals surface area contributed by atoms with Gasteiger partial charge in [0.1, 0.15) is 5.82 Å². The summed E-state index contributed by atoms with van der Waals surface area (Å²) in [5, 5.41) is 0.463. The molecule has 0 unspecified atom stereocenters. The second-order valence-corrected chi connectivity index (χ2v) is 6.55. The smallest absolute Gasteiger partial charge is 0.207 e. The SMILES string of the molecule is Cc1ccc(F)cc1CNS(=O)(=O)c1ccc(Cl)cc1. The van der Waals surface area contributed by atoms with Gasteiger partial charge in [0, 0.05) is 11.6 Å². The molecule has 0 fully saturated rings. The minimum absolute atomic E-state index is 0.0363. The highest BCUT2D eigenvalue weighted by Crippen LogP contribution is 2.15. The van der Waals surface area contributed by atoms with Crippen LogP contribution in [-0.2, 0) is 16.6 Å². The van der Waals surface area contributed by atoms with E-state index in [0.29, 0.717) is 10.6 Å². The van der Waals surface area contributed by atoms with Crippen LogP contribution in [0.3, 0.4) is 0 Å². The third-order valence-electron chi connectivity index (χ3n) is 2.89. The minimum atomic E-state index is -3.64. The second kappa shape index (κ2) is 5.91. The number of sulfonamides is 1. The lowest BCUT2D eigenvalue weighted by Crippen LogP contribution is -2.23. The van der Waals surface area contributed by atoms with E-state index in [9.17, 15) is 12.8 Å². The van der Waals surface area contributed by atoms with Crippen molar-refractivity contribution in [3.63, 3.8) is 0 Å². The fraction of sp³-hybridized carbons (Fsp3) is 0.143. The Kier molecular flexibility index (Phi) is 4.42. The summed E-state index contributed by atoms with van der Waals surface area (Å²) in [6.45, 7) is 1.83. The lowest BCUT2D eigenvalue weighted by molar-refractivity contribution is 0.580. The van der Waals surface area contributed by atoms with Crippen LogP contribution in [0, 0.1) is 12.7 Å². The molecule has 0 bridgehead atoms. The molecule has 2 rings (SSSR count). The number of nitrogens with one attached hydrogen (secondary N) is 1. The van der Waals surface area contributed by atoms with Gasteiger partial charge in [0.05, 0.1) is 4.90 Å². The average molecular weight is 314 g/mol. The molecule has 0 heterocycles. The Bertz CT molecular complexity index is 714. The Morgan fingerprint density at radius 2 is 1.80 bits per heavy atom. The molecule has 0 saturated heterocycles. The first kappa shape index (κ1) is 15.0. The molecule has 0 radical (unpaired) electrons. The van der Waals surface area contributed by atoms with Crippen molar-refractivity contribution in [3.05, 3.63) is 64.4 Å². The Balaban J connectivity index is 2.17. The highest BCUT2D eigenvalue weighted by atomic mass is 35.5. The average Bonchev–Trinajstić information content (AvgIpc) is 2.40. The highest BCUT2D eigenvalue weighted by molar-refractivity contribution is 7.89. The lowest BCUT2D eigenvalue weighted by atomic mass is 10.1. The standard InChI is InChI=1S/C14H13ClFNO2S/c1-10-2-5-13(16)8-11(10)9-17-20(18,19)14-6-3-12(15)4-7-14/h2-8,17H,9H2,1H3. The topological polar surface area (TPSA) is 46.2 Å². The van der Waals surface area contributed by atoms with Crippen LogP contribution >= 0.6 is 11.6 Å². The fourth-order valence-corrected chi connectivity index (χ4v) is 2.83. The maximum Gasteiger partial charge on any atom is 0.240 e. The van der Waals surface area contributed by atoms with Crippen LogP contribution in [0.25, 0.3) is 0 Å². The van der Waals surface area contributed by atoms with Gasteiger partial charge in [-0.15, -0.1) is 0 Å². The summed E-state index contributed by atoms with van der Waals surface area (Å²) >= 11 is 5.72. The van der Waals surface area contributed by atoms with E-state index >= 15 is 0 Å². The normalized spacial score (nSPS) is 11.6. The van der Waals surface area contributed by atoms with Gasteiger partial charge in [0.25, 0.3) is 0 Å². The Labute approximate surface area is 122 Å². The van der Waals surface area contributed by atoms with Gasteiger partial charge in [-0.05, 0) is 54.4 Å². The van der Waals surface area contributed by atoms with Crippen molar-refractivity contribution >= 4 is 21.6 Å². The van der Waals surface area contributed by atoms with Crippen LogP contribution in [0.2, 0.25) is 5.02 Å². The quantitative estimate of drug-likeness (QED) is 0.941. The van der Waals surface area contributed by atoms with Crippen LogP contribution in [0.4, 0.5) is 4.39 Å². The number of hydrogen-bond donors (Lipinski definition) is 1. The van der Waals surface area contributed by atoms with Gasteiger partial charge in [-0.2, -0.15) is 0 Å². The van der Waals surface area contributed by atoms with E-state index in [4.69, 9.17) is 11.6 Å². The lowest BCUT2D eigenvalue weighted by Gasteiger charge is -2.09. The molecule has 0 spiro atoms. The monoisotopic (exact) mass is 313 g/mol. The zero-order valence-electron chi connectivity index (χ0n) is 10.7. The first-order chi connectivity index (χ1) is 9.38. The van der Waals surface area contributed by atoms with Gasteiger partial charge in [-0.25, -0.2) is 17.5 Å². The molecule has 0 saturated carbocycles. The molecule has 0 aliphatic heterocycles. The third kappa shape index (κ3) is 3.56. The summed E-state index contributed by atoms with van der Waals surface area (Å²) in [6.07, 6.45) is 0. The number of hydrogen-bond acceptors (Lipinski definition) is 2. The number of aryl methyl sites for hydroxylation is 1. The van der Waals surface area contributed by atoms with Gasteiger partial charge in [0.2, 0.25) is 10.0 Å². The number of benzene rings is 2. The molecular formula is C14H13ClFNO2S. The molecule has 0 aliphatic rings. The van der Waals surface area contributed by atoms with Gasteiger partial charge in [-0.3, -0.25) is 0 Å². The predicted molar refractivity (Wildman–Crippen MR) is 76.6 cm³/mol. The Morgan fingerprint density at radius 1 is 1.15 bits per heavy atom. The van der Waals surface area contributed by atoms with Crippen LogP contribution in [0.15, 0.2) is 47.4 Å². The maximum atomic E-state index is 13.1. The summed E-state index contributed by atoms with van der Waals surface area (Å²) in [5.74, 6) is -0.392. The fourth-order valence-electron chi connectivity index (χ4n) is 1.70. The first-order valence-corrected chi connectivity index (χ1v) is 7.75. The molecule has 0 aromatic heterocycles. The first-order valence-electron chi connectivity index (χ1n) is 5.89. The molecular weight excluding hydrogens is 301 g/mol. The number of halogens is 2. The highest BCUT2D eigenvalue weighted by Gasteiger charge is 2.14. The summed E-state index contributed by atoms with van der Waals surface area (Å²) in [5.41, 5.74) is 1.42. The van der Waals surface area contributed by atoms with E-state index in [-0.39, 0.29) is 11.4 Å². The van der Waals surface area contributed by atoms with Crippen LogP contribution in [0.1, 0.15) is 11.1 Å². The number of rotatable bonds is 4. The van der Waals surface area contributed by atoms with Gasteiger partial charge in [0.15, 0.2) is 0 Å². The van der Waals surface area contributed by atoms with Crippen LogP contribution < -0.4 is 4.72 Å². The maximum absolute atomic E-state index is 13.1. The van der Waals surface area contributed by atoms with Gasteiger partial charge < -0.3 is 0 Å². The van der Waals surface area contributed by atoms with Crippen molar-refractivity contribution in [2.24, 2.45) is 0 Å². The van der Waals surface area contributed by atoms with E-state index in [1.165, 1.54) is 36.4 Å². The Morgan fingerprint density at radius 3 is 2.45 bits per heavy atom. The molecule has 0 atom stereocenters. The zero-order chi connectivity index (χ0) is 14.8. The molecule has 106 valence electrons. The molecule has 0 amide bonds. The van der Waals surface area contributed by atoms with Crippen LogP contribution in [-0.4, -0.2) is 8.42 Å². The van der Waals surface area contributed by atoms with Crippen molar-refractivity contribution in [3.8, 4) is 0 Å².